The number of benzene rings is 2. The van der Waals surface area contributed by atoms with Crippen LogP contribution in [0.15, 0.2) is 59.0 Å². The van der Waals surface area contributed by atoms with Gasteiger partial charge in [0.1, 0.15) is 5.76 Å². The fraction of sp³-hybridized carbons (Fsp3) is 0.296. The summed E-state index contributed by atoms with van der Waals surface area (Å²) in [5.74, 6) is 0.254. The van der Waals surface area contributed by atoms with Gasteiger partial charge in [-0.3, -0.25) is 14.9 Å². The molecular formula is C27H28Cl2N4O3S. The van der Waals surface area contributed by atoms with Crippen molar-refractivity contribution in [3.8, 4) is 11.3 Å². The zero-order valence-corrected chi connectivity index (χ0v) is 23.1. The first-order valence-electron chi connectivity index (χ1n) is 11.8. The Kier molecular flexibility index (Phi) is 8.11. The molecule has 0 aliphatic carbocycles. The van der Waals surface area contributed by atoms with Crippen molar-refractivity contribution in [2.24, 2.45) is 5.41 Å². The minimum absolute atomic E-state index is 0.101. The lowest BCUT2D eigenvalue weighted by Crippen LogP contribution is -2.51. The molecule has 1 aromatic heterocycles. The van der Waals surface area contributed by atoms with Crippen LogP contribution in [0, 0.1) is 5.41 Å². The van der Waals surface area contributed by atoms with E-state index in [4.69, 9.17) is 39.8 Å². The lowest BCUT2D eigenvalue weighted by atomic mass is 9.94. The molecule has 7 nitrogen and oxygen atoms in total. The third-order valence-electron chi connectivity index (χ3n) is 5.95. The van der Waals surface area contributed by atoms with Gasteiger partial charge in [0.2, 0.25) is 5.91 Å². The van der Waals surface area contributed by atoms with E-state index in [0.717, 1.165) is 24.5 Å². The van der Waals surface area contributed by atoms with E-state index in [2.05, 4.69) is 15.5 Å². The zero-order chi connectivity index (χ0) is 26.7. The van der Waals surface area contributed by atoms with E-state index >= 15 is 0 Å². The molecule has 194 valence electrons. The molecule has 2 aromatic carbocycles. The van der Waals surface area contributed by atoms with Gasteiger partial charge in [0.15, 0.2) is 10.9 Å². The molecule has 0 bridgehead atoms. The molecule has 1 fully saturated rings. The Balaban J connectivity index is 1.30. The van der Waals surface area contributed by atoms with Crippen molar-refractivity contribution >= 4 is 63.7 Å². The number of anilines is 2. The summed E-state index contributed by atoms with van der Waals surface area (Å²) < 4.78 is 5.67. The summed E-state index contributed by atoms with van der Waals surface area (Å²) in [6.45, 7) is 8.79. The van der Waals surface area contributed by atoms with Crippen LogP contribution in [0.2, 0.25) is 10.0 Å². The lowest BCUT2D eigenvalue weighted by molar-refractivity contribution is -0.139. The number of piperazine rings is 1. The maximum Gasteiger partial charge on any atom is 0.293 e. The number of carbonyl (C=O) groups is 2. The van der Waals surface area contributed by atoms with Gasteiger partial charge in [-0.05, 0) is 66.8 Å². The average Bonchev–Trinajstić information content (AvgIpc) is 3.34. The van der Waals surface area contributed by atoms with Crippen molar-refractivity contribution in [3.63, 3.8) is 0 Å². The summed E-state index contributed by atoms with van der Waals surface area (Å²) >= 11 is 17.5. The van der Waals surface area contributed by atoms with E-state index in [1.165, 1.54) is 0 Å². The molecule has 1 aliphatic rings. The van der Waals surface area contributed by atoms with Crippen molar-refractivity contribution in [2.75, 3.05) is 36.4 Å². The molecule has 2 heterocycles. The van der Waals surface area contributed by atoms with Gasteiger partial charge in [0.05, 0.1) is 5.02 Å². The van der Waals surface area contributed by atoms with Crippen LogP contribution in [0.3, 0.4) is 0 Å². The summed E-state index contributed by atoms with van der Waals surface area (Å²) in [7, 11) is 0. The molecule has 1 saturated heterocycles. The van der Waals surface area contributed by atoms with Crippen LogP contribution in [0.5, 0.6) is 0 Å². The molecule has 0 atom stereocenters. The summed E-state index contributed by atoms with van der Waals surface area (Å²) in [6, 6.07) is 16.0. The summed E-state index contributed by atoms with van der Waals surface area (Å²) in [5, 5.41) is 6.73. The molecule has 4 rings (SSSR count). The van der Waals surface area contributed by atoms with E-state index in [1.807, 2.05) is 49.9 Å². The van der Waals surface area contributed by atoms with Crippen molar-refractivity contribution in [1.29, 1.82) is 0 Å². The lowest BCUT2D eigenvalue weighted by Gasteiger charge is -2.38. The second-order valence-corrected chi connectivity index (χ2v) is 11.0. The quantitative estimate of drug-likeness (QED) is 0.378. The normalized spacial score (nSPS) is 13.9. The number of nitrogens with one attached hydrogen (secondary N) is 2. The highest BCUT2D eigenvalue weighted by Crippen LogP contribution is 2.31. The van der Waals surface area contributed by atoms with Gasteiger partial charge in [-0.25, -0.2) is 0 Å². The number of carbonyl (C=O) groups excluding carboxylic acids is 2. The number of nitrogens with zero attached hydrogens (tertiary/aromatic N) is 2. The monoisotopic (exact) mass is 558 g/mol. The van der Waals surface area contributed by atoms with Crippen molar-refractivity contribution < 1.29 is 14.0 Å². The highest BCUT2D eigenvalue weighted by Gasteiger charge is 2.29. The molecule has 0 unspecified atom stereocenters. The molecule has 1 aliphatic heterocycles. The Labute approximate surface area is 231 Å². The minimum Gasteiger partial charge on any atom is -0.451 e. The topological polar surface area (TPSA) is 77.8 Å². The number of rotatable bonds is 4. The minimum atomic E-state index is -0.479. The second-order valence-electron chi connectivity index (χ2n) is 9.77. The highest BCUT2D eigenvalue weighted by molar-refractivity contribution is 7.80. The van der Waals surface area contributed by atoms with Crippen LogP contribution in [-0.4, -0.2) is 48.0 Å². The third kappa shape index (κ3) is 6.63. The molecule has 2 amide bonds. The maximum absolute atomic E-state index is 12.6. The first kappa shape index (κ1) is 27.0. The van der Waals surface area contributed by atoms with Crippen LogP contribution >= 0.6 is 35.4 Å². The van der Waals surface area contributed by atoms with Crippen molar-refractivity contribution in [1.82, 2.24) is 10.2 Å². The number of thiocarbonyl (C=S) groups is 1. The van der Waals surface area contributed by atoms with Crippen molar-refractivity contribution in [2.45, 2.75) is 20.8 Å². The average molecular weight is 560 g/mol. The van der Waals surface area contributed by atoms with Gasteiger partial charge in [-0.2, -0.15) is 0 Å². The van der Waals surface area contributed by atoms with Crippen molar-refractivity contribution in [3.05, 3.63) is 70.4 Å². The van der Waals surface area contributed by atoms with Gasteiger partial charge in [-0.15, -0.1) is 0 Å². The standard InChI is InChI=1S/C27H28Cl2N4O3S/c1-27(2,3)25(35)33-14-12-32(13-15-33)19-7-5-18(6-8-19)30-26(37)31-24(34)23-11-10-22(36-23)20-9-4-17(28)16-21(20)29/h4-11,16H,12-15H2,1-3H3,(H2,30,31,34,37). The van der Waals surface area contributed by atoms with Crippen LogP contribution in [0.4, 0.5) is 11.4 Å². The van der Waals surface area contributed by atoms with Gasteiger partial charge in [0.25, 0.3) is 5.91 Å². The van der Waals surface area contributed by atoms with Crippen LogP contribution in [-0.2, 0) is 4.79 Å². The second kappa shape index (κ2) is 11.1. The summed E-state index contributed by atoms with van der Waals surface area (Å²) in [6.07, 6.45) is 0. The Morgan fingerprint density at radius 3 is 2.24 bits per heavy atom. The molecule has 3 aromatic rings. The number of hydrogen-bond acceptors (Lipinski definition) is 5. The maximum atomic E-state index is 12.6. The zero-order valence-electron chi connectivity index (χ0n) is 20.8. The van der Waals surface area contributed by atoms with Gasteiger partial charge >= 0.3 is 0 Å². The third-order valence-corrected chi connectivity index (χ3v) is 6.70. The van der Waals surface area contributed by atoms with E-state index in [1.54, 1.807) is 30.3 Å². The van der Waals surface area contributed by atoms with Crippen LogP contribution < -0.4 is 15.5 Å². The molecular weight excluding hydrogens is 531 g/mol. The molecule has 2 N–H and O–H groups in total. The van der Waals surface area contributed by atoms with Gasteiger partial charge in [-0.1, -0.05) is 44.0 Å². The predicted octanol–water partition coefficient (Wildman–Crippen LogP) is 6.07. The fourth-order valence-corrected chi connectivity index (χ4v) is 4.73. The summed E-state index contributed by atoms with van der Waals surface area (Å²) in [5.41, 5.74) is 2.07. The molecule has 0 radical (unpaired) electrons. The first-order valence-corrected chi connectivity index (χ1v) is 13.0. The summed E-state index contributed by atoms with van der Waals surface area (Å²) in [4.78, 5) is 29.3. The number of halogens is 2. The van der Waals surface area contributed by atoms with E-state index in [0.29, 0.717) is 34.5 Å². The smallest absolute Gasteiger partial charge is 0.293 e. The van der Waals surface area contributed by atoms with E-state index in [9.17, 15) is 9.59 Å². The van der Waals surface area contributed by atoms with Crippen LogP contribution in [0.25, 0.3) is 11.3 Å². The van der Waals surface area contributed by atoms with E-state index < -0.39 is 5.91 Å². The highest BCUT2D eigenvalue weighted by atomic mass is 35.5. The Morgan fingerprint density at radius 1 is 0.946 bits per heavy atom. The molecule has 0 saturated carbocycles. The number of furan rings is 1. The Bertz CT molecular complexity index is 1310. The molecule has 10 heteroatoms. The molecule has 37 heavy (non-hydrogen) atoms. The number of amides is 2. The first-order chi connectivity index (χ1) is 17.5. The largest absolute Gasteiger partial charge is 0.451 e. The van der Waals surface area contributed by atoms with Gasteiger partial charge in [0, 0.05) is 53.6 Å². The van der Waals surface area contributed by atoms with E-state index in [-0.39, 0.29) is 22.2 Å². The number of hydrogen-bond donors (Lipinski definition) is 2. The van der Waals surface area contributed by atoms with Crippen LogP contribution in [0.1, 0.15) is 31.3 Å². The van der Waals surface area contributed by atoms with Gasteiger partial charge < -0.3 is 19.5 Å². The predicted molar refractivity (Wildman–Crippen MR) is 153 cm³/mol. The fourth-order valence-electron chi connectivity index (χ4n) is 4.02. The molecule has 0 spiro atoms. The SMILES string of the molecule is CC(C)(C)C(=O)N1CCN(c2ccc(NC(=S)NC(=O)c3ccc(-c4ccc(Cl)cc4Cl)o3)cc2)CC1. The Hall–Kier alpha value is -3.07. The Morgan fingerprint density at radius 2 is 1.62 bits per heavy atom.